The van der Waals surface area contributed by atoms with Crippen molar-refractivity contribution in [2.45, 2.75) is 19.5 Å². The van der Waals surface area contributed by atoms with Crippen molar-refractivity contribution in [3.8, 4) is 5.75 Å². The smallest absolute Gasteiger partial charge is 0.120 e. The SMILES string of the molecule is COc1ccc(CN2CCNC(C)C2)c(Cl)c1.Cl. The maximum Gasteiger partial charge on any atom is 0.120 e. The number of piperazine rings is 1. The van der Waals surface area contributed by atoms with Crippen LogP contribution in [-0.2, 0) is 6.54 Å². The number of hydrogen-bond acceptors (Lipinski definition) is 3. The molecule has 0 saturated carbocycles. The van der Waals surface area contributed by atoms with E-state index >= 15 is 0 Å². The first-order valence-corrected chi connectivity index (χ1v) is 6.35. The van der Waals surface area contributed by atoms with Crippen molar-refractivity contribution in [1.82, 2.24) is 10.2 Å². The molecular formula is C13H20Cl2N2O. The summed E-state index contributed by atoms with van der Waals surface area (Å²) in [6.45, 7) is 6.32. The molecule has 0 spiro atoms. The normalized spacial score (nSPS) is 20.3. The molecule has 3 nitrogen and oxygen atoms in total. The summed E-state index contributed by atoms with van der Waals surface area (Å²) < 4.78 is 5.15. The van der Waals surface area contributed by atoms with Crippen LogP contribution in [0.2, 0.25) is 5.02 Å². The molecule has 5 heteroatoms. The van der Waals surface area contributed by atoms with Crippen LogP contribution >= 0.6 is 24.0 Å². The van der Waals surface area contributed by atoms with E-state index in [-0.39, 0.29) is 12.4 Å². The summed E-state index contributed by atoms with van der Waals surface area (Å²) in [6.07, 6.45) is 0. The van der Waals surface area contributed by atoms with Crippen LogP contribution in [0.25, 0.3) is 0 Å². The monoisotopic (exact) mass is 290 g/mol. The molecule has 1 N–H and O–H groups in total. The maximum absolute atomic E-state index is 6.24. The predicted molar refractivity (Wildman–Crippen MR) is 78.0 cm³/mol. The zero-order chi connectivity index (χ0) is 12.3. The van der Waals surface area contributed by atoms with Crippen LogP contribution < -0.4 is 10.1 Å². The van der Waals surface area contributed by atoms with E-state index in [1.807, 2.05) is 18.2 Å². The summed E-state index contributed by atoms with van der Waals surface area (Å²) >= 11 is 6.24. The van der Waals surface area contributed by atoms with E-state index in [0.29, 0.717) is 6.04 Å². The van der Waals surface area contributed by atoms with Crippen molar-refractivity contribution in [3.05, 3.63) is 28.8 Å². The number of ether oxygens (including phenoxy) is 1. The van der Waals surface area contributed by atoms with Crippen LogP contribution in [0, 0.1) is 0 Å². The van der Waals surface area contributed by atoms with Gasteiger partial charge in [0.25, 0.3) is 0 Å². The molecule has 0 aromatic heterocycles. The van der Waals surface area contributed by atoms with Gasteiger partial charge in [0, 0.05) is 37.2 Å². The van der Waals surface area contributed by atoms with E-state index in [4.69, 9.17) is 16.3 Å². The third-order valence-corrected chi connectivity index (χ3v) is 3.46. The Bertz CT molecular complexity index is 387. The summed E-state index contributed by atoms with van der Waals surface area (Å²) in [5.41, 5.74) is 1.17. The van der Waals surface area contributed by atoms with Gasteiger partial charge in [-0.1, -0.05) is 17.7 Å². The number of rotatable bonds is 3. The lowest BCUT2D eigenvalue weighted by molar-refractivity contribution is 0.199. The van der Waals surface area contributed by atoms with Crippen LogP contribution in [0.5, 0.6) is 5.75 Å². The second kappa shape index (κ2) is 7.19. The molecule has 1 aliphatic heterocycles. The molecule has 1 aliphatic rings. The molecule has 1 heterocycles. The third kappa shape index (κ3) is 4.02. The van der Waals surface area contributed by atoms with E-state index < -0.39 is 0 Å². The van der Waals surface area contributed by atoms with Gasteiger partial charge in [-0.2, -0.15) is 0 Å². The molecule has 1 saturated heterocycles. The average molecular weight is 291 g/mol. The second-order valence-corrected chi connectivity index (χ2v) is 4.95. The molecular weight excluding hydrogens is 271 g/mol. The zero-order valence-corrected chi connectivity index (χ0v) is 12.4. The molecule has 2 rings (SSSR count). The van der Waals surface area contributed by atoms with E-state index in [1.54, 1.807) is 7.11 Å². The van der Waals surface area contributed by atoms with Gasteiger partial charge >= 0.3 is 0 Å². The fraction of sp³-hybridized carbons (Fsp3) is 0.538. The lowest BCUT2D eigenvalue weighted by atomic mass is 10.1. The number of hydrogen-bond donors (Lipinski definition) is 1. The highest BCUT2D eigenvalue weighted by Gasteiger charge is 2.16. The summed E-state index contributed by atoms with van der Waals surface area (Å²) in [4.78, 5) is 2.43. The Labute approximate surface area is 120 Å². The Kier molecular flexibility index (Phi) is 6.22. The van der Waals surface area contributed by atoms with Gasteiger partial charge in [-0.25, -0.2) is 0 Å². The maximum atomic E-state index is 6.24. The van der Waals surface area contributed by atoms with Gasteiger partial charge in [0.05, 0.1) is 7.11 Å². The van der Waals surface area contributed by atoms with Crippen molar-refractivity contribution in [1.29, 1.82) is 0 Å². The van der Waals surface area contributed by atoms with Gasteiger partial charge in [-0.05, 0) is 24.6 Å². The van der Waals surface area contributed by atoms with Crippen molar-refractivity contribution in [2.24, 2.45) is 0 Å². The Hall–Kier alpha value is -0.480. The van der Waals surface area contributed by atoms with Gasteiger partial charge in [-0.3, -0.25) is 4.90 Å². The quantitative estimate of drug-likeness (QED) is 0.926. The highest BCUT2D eigenvalue weighted by molar-refractivity contribution is 6.31. The first-order chi connectivity index (χ1) is 8.19. The third-order valence-electron chi connectivity index (χ3n) is 3.11. The molecule has 1 fully saturated rings. The van der Waals surface area contributed by atoms with Crippen LogP contribution in [0.3, 0.4) is 0 Å². The largest absolute Gasteiger partial charge is 0.497 e. The number of halogens is 2. The molecule has 18 heavy (non-hydrogen) atoms. The molecule has 0 radical (unpaired) electrons. The fourth-order valence-electron chi connectivity index (χ4n) is 2.18. The Morgan fingerprint density at radius 2 is 2.28 bits per heavy atom. The van der Waals surface area contributed by atoms with Crippen molar-refractivity contribution >= 4 is 24.0 Å². The van der Waals surface area contributed by atoms with Crippen molar-refractivity contribution in [3.63, 3.8) is 0 Å². The predicted octanol–water partition coefficient (Wildman–Crippen LogP) is 2.56. The minimum Gasteiger partial charge on any atom is -0.497 e. The molecule has 1 aromatic rings. The van der Waals surface area contributed by atoms with Crippen molar-refractivity contribution in [2.75, 3.05) is 26.7 Å². The first kappa shape index (κ1) is 15.6. The topological polar surface area (TPSA) is 24.5 Å². The highest BCUT2D eigenvalue weighted by Crippen LogP contribution is 2.23. The number of methoxy groups -OCH3 is 1. The standard InChI is InChI=1S/C13H19ClN2O.ClH/c1-10-8-16(6-5-15-10)9-11-3-4-12(17-2)7-13(11)14;/h3-4,7,10,15H,5-6,8-9H2,1-2H3;1H. The summed E-state index contributed by atoms with van der Waals surface area (Å²) in [7, 11) is 1.66. The van der Waals surface area contributed by atoms with Gasteiger partial charge in [0.15, 0.2) is 0 Å². The number of nitrogens with zero attached hydrogens (tertiary/aromatic N) is 1. The van der Waals surface area contributed by atoms with E-state index in [1.165, 1.54) is 5.56 Å². The molecule has 0 amide bonds. The van der Waals surface area contributed by atoms with Crippen LogP contribution in [-0.4, -0.2) is 37.7 Å². The Morgan fingerprint density at radius 3 is 2.89 bits per heavy atom. The zero-order valence-electron chi connectivity index (χ0n) is 10.8. The van der Waals surface area contributed by atoms with Gasteiger partial charge in [0.2, 0.25) is 0 Å². The second-order valence-electron chi connectivity index (χ2n) is 4.55. The number of benzene rings is 1. The minimum absolute atomic E-state index is 0. The van der Waals surface area contributed by atoms with Crippen LogP contribution in [0.15, 0.2) is 18.2 Å². The summed E-state index contributed by atoms with van der Waals surface area (Å²) in [6, 6.07) is 6.45. The molecule has 0 aliphatic carbocycles. The average Bonchev–Trinajstić information content (AvgIpc) is 2.32. The van der Waals surface area contributed by atoms with Crippen LogP contribution in [0.1, 0.15) is 12.5 Å². The van der Waals surface area contributed by atoms with E-state index in [0.717, 1.165) is 37.0 Å². The molecule has 0 bridgehead atoms. The van der Waals surface area contributed by atoms with Gasteiger partial charge in [0.1, 0.15) is 5.75 Å². The minimum atomic E-state index is 0. The van der Waals surface area contributed by atoms with Crippen molar-refractivity contribution < 1.29 is 4.74 Å². The first-order valence-electron chi connectivity index (χ1n) is 5.97. The van der Waals surface area contributed by atoms with Crippen LogP contribution in [0.4, 0.5) is 0 Å². The molecule has 1 atom stereocenters. The van der Waals surface area contributed by atoms with E-state index in [2.05, 4.69) is 17.1 Å². The summed E-state index contributed by atoms with van der Waals surface area (Å²) in [5, 5.41) is 4.22. The van der Waals surface area contributed by atoms with E-state index in [9.17, 15) is 0 Å². The molecule has 102 valence electrons. The Morgan fingerprint density at radius 1 is 1.50 bits per heavy atom. The van der Waals surface area contributed by atoms with Gasteiger partial charge < -0.3 is 10.1 Å². The molecule has 1 aromatic carbocycles. The molecule has 1 unspecified atom stereocenters. The number of nitrogens with one attached hydrogen (secondary N) is 1. The lowest BCUT2D eigenvalue weighted by Gasteiger charge is -2.32. The Balaban J connectivity index is 0.00000162. The highest BCUT2D eigenvalue weighted by atomic mass is 35.5. The fourth-order valence-corrected chi connectivity index (χ4v) is 2.41. The summed E-state index contributed by atoms with van der Waals surface area (Å²) in [5.74, 6) is 0.812. The lowest BCUT2D eigenvalue weighted by Crippen LogP contribution is -2.48. The van der Waals surface area contributed by atoms with Gasteiger partial charge in [-0.15, -0.1) is 12.4 Å².